The smallest absolute Gasteiger partial charge is 0.299 e. The van der Waals surface area contributed by atoms with Gasteiger partial charge in [-0.05, 0) is 44.2 Å². The molecule has 0 saturated carbocycles. The minimum absolute atomic E-state index is 0.209. The van der Waals surface area contributed by atoms with E-state index in [9.17, 15) is 20.2 Å². The Balaban J connectivity index is 2.27. The number of nitrogens with one attached hydrogen (secondary N) is 1. The summed E-state index contributed by atoms with van der Waals surface area (Å²) in [6.45, 7) is 5.90. The van der Waals surface area contributed by atoms with Gasteiger partial charge in [0.15, 0.2) is 0 Å². The van der Waals surface area contributed by atoms with E-state index < -0.39 is 9.85 Å². The van der Waals surface area contributed by atoms with E-state index in [0.29, 0.717) is 5.69 Å². The summed E-state index contributed by atoms with van der Waals surface area (Å²) in [5.41, 5.74) is 1.29. The highest BCUT2D eigenvalue weighted by Gasteiger charge is 2.19. The summed E-state index contributed by atoms with van der Waals surface area (Å²) >= 11 is 0. The van der Waals surface area contributed by atoms with Gasteiger partial charge in [0.25, 0.3) is 11.4 Å². The van der Waals surface area contributed by atoms with Crippen LogP contribution in [0.2, 0.25) is 0 Å². The molecule has 2 aromatic carbocycles. The van der Waals surface area contributed by atoms with Gasteiger partial charge >= 0.3 is 0 Å². The van der Waals surface area contributed by atoms with Crippen molar-refractivity contribution in [1.29, 1.82) is 0 Å². The van der Waals surface area contributed by atoms with Gasteiger partial charge in [-0.3, -0.25) is 20.2 Å². The molecule has 8 heteroatoms. The number of benzene rings is 2. The number of anilines is 3. The van der Waals surface area contributed by atoms with Crippen LogP contribution in [0.3, 0.4) is 0 Å². The molecule has 0 aromatic heterocycles. The Hall–Kier alpha value is -3.16. The maximum atomic E-state index is 11.1. The second-order valence-corrected chi connectivity index (χ2v) is 5.06. The van der Waals surface area contributed by atoms with E-state index in [1.165, 1.54) is 12.1 Å². The third-order valence-corrected chi connectivity index (χ3v) is 3.66. The summed E-state index contributed by atoms with van der Waals surface area (Å²) in [6.07, 6.45) is 0. The fraction of sp³-hybridized carbons (Fsp3) is 0.250. The Morgan fingerprint density at radius 1 is 0.958 bits per heavy atom. The summed E-state index contributed by atoms with van der Waals surface area (Å²) in [5, 5.41) is 24.8. The molecule has 126 valence electrons. The average Bonchev–Trinajstić information content (AvgIpc) is 2.57. The third-order valence-electron chi connectivity index (χ3n) is 3.66. The molecule has 0 atom stereocenters. The highest BCUT2D eigenvalue weighted by Crippen LogP contribution is 2.31. The monoisotopic (exact) mass is 330 g/mol. The molecule has 0 radical (unpaired) electrons. The topological polar surface area (TPSA) is 102 Å². The van der Waals surface area contributed by atoms with Crippen molar-refractivity contribution in [2.45, 2.75) is 13.8 Å². The van der Waals surface area contributed by atoms with Gasteiger partial charge in [-0.15, -0.1) is 0 Å². The standard InChI is InChI=1S/C16H18N4O4/c1-3-18(4-2)13-7-5-12(6-8-13)17-15-10-9-14(19(21)22)11-16(15)20(23)24/h5-11,17H,3-4H2,1-2H3. The molecule has 0 heterocycles. The van der Waals surface area contributed by atoms with E-state index >= 15 is 0 Å². The molecule has 0 bridgehead atoms. The van der Waals surface area contributed by atoms with Crippen molar-refractivity contribution in [2.75, 3.05) is 23.3 Å². The Kier molecular flexibility index (Phi) is 5.31. The van der Waals surface area contributed by atoms with Crippen molar-refractivity contribution in [3.63, 3.8) is 0 Å². The molecule has 1 N–H and O–H groups in total. The van der Waals surface area contributed by atoms with Gasteiger partial charge in [0, 0.05) is 30.5 Å². The maximum absolute atomic E-state index is 11.1. The predicted molar refractivity (Wildman–Crippen MR) is 93.0 cm³/mol. The first kappa shape index (κ1) is 17.2. The molecule has 0 spiro atoms. The molecule has 0 fully saturated rings. The number of hydrogen-bond donors (Lipinski definition) is 1. The van der Waals surface area contributed by atoms with E-state index in [4.69, 9.17) is 0 Å². The normalized spacial score (nSPS) is 10.2. The van der Waals surface area contributed by atoms with Crippen molar-refractivity contribution in [1.82, 2.24) is 0 Å². The number of hydrogen-bond acceptors (Lipinski definition) is 6. The molecule has 0 aliphatic heterocycles. The quantitative estimate of drug-likeness (QED) is 0.606. The molecule has 0 aliphatic carbocycles. The Labute approximate surface area is 139 Å². The Bertz CT molecular complexity index is 742. The van der Waals surface area contributed by atoms with E-state index in [1.807, 2.05) is 24.3 Å². The van der Waals surface area contributed by atoms with Gasteiger partial charge in [0.2, 0.25) is 0 Å². The largest absolute Gasteiger partial charge is 0.372 e. The van der Waals surface area contributed by atoms with Crippen molar-refractivity contribution in [3.8, 4) is 0 Å². The first-order valence-corrected chi connectivity index (χ1v) is 7.51. The zero-order chi connectivity index (χ0) is 17.7. The Morgan fingerprint density at radius 2 is 1.58 bits per heavy atom. The lowest BCUT2D eigenvalue weighted by atomic mass is 10.2. The molecule has 2 aromatic rings. The minimum atomic E-state index is -0.657. The lowest BCUT2D eigenvalue weighted by molar-refractivity contribution is -0.393. The van der Waals surface area contributed by atoms with Crippen LogP contribution in [-0.4, -0.2) is 22.9 Å². The van der Waals surface area contributed by atoms with Crippen molar-refractivity contribution < 1.29 is 9.85 Å². The first-order chi connectivity index (χ1) is 11.5. The van der Waals surface area contributed by atoms with Gasteiger partial charge in [0.05, 0.1) is 15.9 Å². The second kappa shape index (κ2) is 7.40. The second-order valence-electron chi connectivity index (χ2n) is 5.06. The van der Waals surface area contributed by atoms with Gasteiger partial charge in [-0.1, -0.05) is 0 Å². The van der Waals surface area contributed by atoms with Gasteiger partial charge in [-0.25, -0.2) is 0 Å². The summed E-state index contributed by atoms with van der Waals surface area (Å²) in [4.78, 5) is 22.8. The van der Waals surface area contributed by atoms with Gasteiger partial charge < -0.3 is 10.2 Å². The number of nitro groups is 2. The maximum Gasteiger partial charge on any atom is 0.299 e. The van der Waals surface area contributed by atoms with Crippen molar-refractivity contribution in [3.05, 3.63) is 62.7 Å². The zero-order valence-corrected chi connectivity index (χ0v) is 13.4. The van der Waals surface area contributed by atoms with E-state index in [0.717, 1.165) is 24.8 Å². The van der Waals surface area contributed by atoms with E-state index in [2.05, 4.69) is 24.1 Å². The lowest BCUT2D eigenvalue weighted by Crippen LogP contribution is -2.21. The van der Waals surface area contributed by atoms with Crippen LogP contribution in [0.1, 0.15) is 13.8 Å². The molecule has 0 amide bonds. The number of rotatable bonds is 7. The Morgan fingerprint density at radius 3 is 2.08 bits per heavy atom. The lowest BCUT2D eigenvalue weighted by Gasteiger charge is -2.21. The number of nitrogens with zero attached hydrogens (tertiary/aromatic N) is 3. The summed E-state index contributed by atoms with van der Waals surface area (Å²) in [5.74, 6) is 0. The molecule has 0 unspecified atom stereocenters. The average molecular weight is 330 g/mol. The molecular weight excluding hydrogens is 312 g/mol. The van der Waals surface area contributed by atoms with Gasteiger partial charge in [0.1, 0.15) is 5.69 Å². The number of nitro benzene ring substituents is 2. The zero-order valence-electron chi connectivity index (χ0n) is 13.4. The molecule has 2 rings (SSSR count). The van der Waals surface area contributed by atoms with E-state index in [1.54, 1.807) is 0 Å². The van der Waals surface area contributed by atoms with Crippen LogP contribution in [0, 0.1) is 20.2 Å². The highest BCUT2D eigenvalue weighted by atomic mass is 16.6. The molecular formula is C16H18N4O4. The molecule has 24 heavy (non-hydrogen) atoms. The van der Waals surface area contributed by atoms with Crippen LogP contribution in [0.4, 0.5) is 28.4 Å². The summed E-state index contributed by atoms with van der Waals surface area (Å²) in [7, 11) is 0. The van der Waals surface area contributed by atoms with Crippen molar-refractivity contribution >= 4 is 28.4 Å². The highest BCUT2D eigenvalue weighted by molar-refractivity contribution is 5.72. The van der Waals surface area contributed by atoms with Crippen molar-refractivity contribution in [2.24, 2.45) is 0 Å². The van der Waals surface area contributed by atoms with Crippen LogP contribution in [0.25, 0.3) is 0 Å². The fourth-order valence-electron chi connectivity index (χ4n) is 2.39. The van der Waals surface area contributed by atoms with Crippen LogP contribution < -0.4 is 10.2 Å². The molecule has 0 saturated heterocycles. The third kappa shape index (κ3) is 3.78. The number of non-ortho nitro benzene ring substituents is 1. The first-order valence-electron chi connectivity index (χ1n) is 7.51. The summed E-state index contributed by atoms with van der Waals surface area (Å²) in [6, 6.07) is 11.0. The van der Waals surface area contributed by atoms with Gasteiger partial charge in [-0.2, -0.15) is 0 Å². The van der Waals surface area contributed by atoms with Crippen LogP contribution in [0.5, 0.6) is 0 Å². The van der Waals surface area contributed by atoms with Crippen LogP contribution >= 0.6 is 0 Å². The molecule has 8 nitrogen and oxygen atoms in total. The summed E-state index contributed by atoms with van der Waals surface area (Å²) < 4.78 is 0. The van der Waals surface area contributed by atoms with Crippen LogP contribution in [0.15, 0.2) is 42.5 Å². The van der Waals surface area contributed by atoms with Crippen LogP contribution in [-0.2, 0) is 0 Å². The predicted octanol–water partition coefficient (Wildman–Crippen LogP) is 4.09. The fourth-order valence-corrected chi connectivity index (χ4v) is 2.39. The van der Waals surface area contributed by atoms with E-state index in [-0.39, 0.29) is 17.1 Å². The SMILES string of the molecule is CCN(CC)c1ccc(Nc2ccc([N+](=O)[O-])cc2[N+](=O)[O-])cc1. The molecule has 0 aliphatic rings. The minimum Gasteiger partial charge on any atom is -0.372 e.